The number of benzene rings is 2. The van der Waals surface area contributed by atoms with Crippen LogP contribution in [0.1, 0.15) is 11.3 Å². The quantitative estimate of drug-likeness (QED) is 0.681. The molecule has 1 aromatic heterocycles. The third kappa shape index (κ3) is 3.44. The Morgan fingerprint density at radius 2 is 2.04 bits per heavy atom. The Hall–Kier alpha value is -1.85. The molecule has 25 heavy (non-hydrogen) atoms. The third-order valence-electron chi connectivity index (χ3n) is 4.64. The molecule has 130 valence electrons. The third-order valence-corrected chi connectivity index (χ3v) is 5.14. The smallest absolute Gasteiger partial charge is 0.152 e. The summed E-state index contributed by atoms with van der Waals surface area (Å²) in [5.41, 5.74) is 3.63. The molecule has 1 atom stereocenters. The van der Waals surface area contributed by atoms with Gasteiger partial charge in [-0.25, -0.2) is 4.39 Å². The van der Waals surface area contributed by atoms with Gasteiger partial charge < -0.3 is 14.6 Å². The van der Waals surface area contributed by atoms with Crippen molar-refractivity contribution in [3.8, 4) is 5.75 Å². The van der Waals surface area contributed by atoms with Crippen LogP contribution < -0.4 is 10.1 Å². The first-order valence-corrected chi connectivity index (χ1v) is 9.34. The summed E-state index contributed by atoms with van der Waals surface area (Å²) in [5, 5.41) is 4.62. The maximum Gasteiger partial charge on any atom is 0.152 e. The van der Waals surface area contributed by atoms with Crippen molar-refractivity contribution in [3.05, 3.63) is 64.3 Å². The minimum Gasteiger partial charge on any atom is -0.490 e. The molecule has 0 bridgehead atoms. The van der Waals surface area contributed by atoms with E-state index in [9.17, 15) is 4.39 Å². The van der Waals surface area contributed by atoms with Gasteiger partial charge in [0, 0.05) is 40.6 Å². The highest BCUT2D eigenvalue weighted by Gasteiger charge is 2.22. The number of alkyl halides is 1. The van der Waals surface area contributed by atoms with Crippen molar-refractivity contribution in [2.24, 2.45) is 0 Å². The minimum atomic E-state index is -1.06. The Labute approximate surface area is 154 Å². The number of fused-ring (bicyclic) bond motifs is 3. The summed E-state index contributed by atoms with van der Waals surface area (Å²) in [6.07, 6.45) is -0.133. The Morgan fingerprint density at radius 3 is 2.88 bits per heavy atom. The van der Waals surface area contributed by atoms with Crippen LogP contribution in [0.15, 0.2) is 53.0 Å². The molecule has 0 fully saturated rings. The summed E-state index contributed by atoms with van der Waals surface area (Å²) in [5.74, 6) is 0.706. The van der Waals surface area contributed by atoms with Crippen molar-refractivity contribution in [1.82, 2.24) is 9.88 Å². The average molecular weight is 403 g/mol. The number of para-hydroxylation sites is 1. The van der Waals surface area contributed by atoms with Gasteiger partial charge in [-0.15, -0.1) is 0 Å². The molecule has 1 aliphatic rings. The van der Waals surface area contributed by atoms with Gasteiger partial charge in [0.15, 0.2) is 6.17 Å². The minimum absolute atomic E-state index is 0.0627. The van der Waals surface area contributed by atoms with Gasteiger partial charge in [-0.3, -0.25) is 0 Å². The number of nitrogens with one attached hydrogen (secondary N) is 1. The van der Waals surface area contributed by atoms with Crippen molar-refractivity contribution in [2.75, 3.05) is 13.2 Å². The van der Waals surface area contributed by atoms with Crippen molar-refractivity contribution in [1.29, 1.82) is 0 Å². The summed E-state index contributed by atoms with van der Waals surface area (Å²) in [7, 11) is 0. The van der Waals surface area contributed by atoms with E-state index in [1.807, 2.05) is 36.4 Å². The van der Waals surface area contributed by atoms with Crippen LogP contribution in [0.3, 0.4) is 0 Å². The summed E-state index contributed by atoms with van der Waals surface area (Å²) in [4.78, 5) is 0. The fourth-order valence-electron chi connectivity index (χ4n) is 3.52. The molecule has 4 rings (SSSR count). The van der Waals surface area contributed by atoms with Gasteiger partial charge in [-0.05, 0) is 35.9 Å². The number of rotatable bonds is 5. The van der Waals surface area contributed by atoms with E-state index < -0.39 is 6.17 Å². The number of aromatic nitrogens is 1. The molecule has 1 aliphatic heterocycles. The summed E-state index contributed by atoms with van der Waals surface area (Å²) in [6, 6.07) is 15.6. The van der Waals surface area contributed by atoms with Crippen LogP contribution in [-0.2, 0) is 19.5 Å². The standard InChI is InChI=1S/C20H20BrFN2O/c21-14-6-7-19-17(10-14)18-11-23-9-8-20(18)24(19)12-15(22)13-25-16-4-2-1-3-5-16/h1-7,10,15,23H,8-9,11-13H2. The Balaban J connectivity index is 1.58. The lowest BCUT2D eigenvalue weighted by atomic mass is 10.1. The molecule has 0 aliphatic carbocycles. The molecule has 2 heterocycles. The molecule has 3 nitrogen and oxygen atoms in total. The number of halogens is 2. The molecule has 0 saturated carbocycles. The maximum absolute atomic E-state index is 14.7. The van der Waals surface area contributed by atoms with Gasteiger partial charge in [0.25, 0.3) is 0 Å². The Bertz CT molecular complexity index is 878. The lowest BCUT2D eigenvalue weighted by Gasteiger charge is -2.18. The second-order valence-corrected chi connectivity index (χ2v) is 7.26. The van der Waals surface area contributed by atoms with Crippen LogP contribution in [0, 0.1) is 0 Å². The first-order valence-electron chi connectivity index (χ1n) is 8.54. The van der Waals surface area contributed by atoms with Crippen LogP contribution in [0.5, 0.6) is 5.75 Å². The van der Waals surface area contributed by atoms with E-state index in [1.165, 1.54) is 16.6 Å². The van der Waals surface area contributed by atoms with Crippen LogP contribution in [0.2, 0.25) is 0 Å². The van der Waals surface area contributed by atoms with E-state index >= 15 is 0 Å². The highest BCUT2D eigenvalue weighted by molar-refractivity contribution is 9.10. The van der Waals surface area contributed by atoms with Crippen LogP contribution in [0.4, 0.5) is 4.39 Å². The van der Waals surface area contributed by atoms with Gasteiger partial charge in [0.2, 0.25) is 0 Å². The number of hydrogen-bond donors (Lipinski definition) is 1. The first-order chi connectivity index (χ1) is 12.2. The van der Waals surface area contributed by atoms with Gasteiger partial charge in [-0.1, -0.05) is 34.1 Å². The summed E-state index contributed by atoms with van der Waals surface area (Å²) < 4.78 is 23.4. The molecule has 1 unspecified atom stereocenters. The normalized spacial score (nSPS) is 15.1. The fourth-order valence-corrected chi connectivity index (χ4v) is 3.88. The van der Waals surface area contributed by atoms with E-state index in [1.54, 1.807) is 0 Å². The number of hydrogen-bond acceptors (Lipinski definition) is 2. The second-order valence-electron chi connectivity index (χ2n) is 6.35. The highest BCUT2D eigenvalue weighted by Crippen LogP contribution is 2.31. The molecule has 1 N–H and O–H groups in total. The number of ether oxygens (including phenoxy) is 1. The molecular formula is C20H20BrFN2O. The van der Waals surface area contributed by atoms with Crippen LogP contribution in [0.25, 0.3) is 10.9 Å². The zero-order valence-corrected chi connectivity index (χ0v) is 15.4. The molecule has 0 spiro atoms. The van der Waals surface area contributed by atoms with Gasteiger partial charge in [0.1, 0.15) is 12.4 Å². The summed E-state index contributed by atoms with van der Waals surface area (Å²) in [6.45, 7) is 2.16. The van der Waals surface area contributed by atoms with E-state index in [-0.39, 0.29) is 6.61 Å². The van der Waals surface area contributed by atoms with Crippen LogP contribution >= 0.6 is 15.9 Å². The molecule has 2 aromatic carbocycles. The maximum atomic E-state index is 14.7. The lowest BCUT2D eigenvalue weighted by Crippen LogP contribution is -2.27. The first kappa shape index (κ1) is 16.6. The van der Waals surface area contributed by atoms with E-state index in [0.29, 0.717) is 12.3 Å². The summed E-state index contributed by atoms with van der Waals surface area (Å²) >= 11 is 3.55. The van der Waals surface area contributed by atoms with E-state index in [2.05, 4.69) is 37.9 Å². The second kappa shape index (κ2) is 7.18. The van der Waals surface area contributed by atoms with Crippen molar-refractivity contribution < 1.29 is 9.13 Å². The molecular weight excluding hydrogens is 383 g/mol. The zero-order valence-electron chi connectivity index (χ0n) is 13.8. The monoisotopic (exact) mass is 402 g/mol. The Morgan fingerprint density at radius 1 is 1.20 bits per heavy atom. The van der Waals surface area contributed by atoms with Crippen molar-refractivity contribution in [2.45, 2.75) is 25.7 Å². The van der Waals surface area contributed by atoms with E-state index in [4.69, 9.17) is 4.74 Å². The van der Waals surface area contributed by atoms with E-state index in [0.717, 1.165) is 29.5 Å². The van der Waals surface area contributed by atoms with Gasteiger partial charge in [-0.2, -0.15) is 0 Å². The fraction of sp³-hybridized carbons (Fsp3) is 0.300. The van der Waals surface area contributed by atoms with Gasteiger partial charge in [0.05, 0.1) is 6.54 Å². The topological polar surface area (TPSA) is 26.2 Å². The Kier molecular flexibility index (Phi) is 4.77. The molecule has 5 heteroatoms. The predicted octanol–water partition coefficient (Wildman–Crippen LogP) is 4.47. The highest BCUT2D eigenvalue weighted by atomic mass is 79.9. The lowest BCUT2D eigenvalue weighted by molar-refractivity contribution is 0.179. The average Bonchev–Trinajstić information content (AvgIpc) is 2.94. The largest absolute Gasteiger partial charge is 0.490 e. The number of nitrogens with zero attached hydrogens (tertiary/aromatic N) is 1. The molecule has 0 saturated heterocycles. The van der Waals surface area contributed by atoms with Crippen molar-refractivity contribution in [3.63, 3.8) is 0 Å². The molecule has 0 amide bonds. The molecule has 3 aromatic rings. The zero-order chi connectivity index (χ0) is 17.2. The molecule has 0 radical (unpaired) electrons. The predicted molar refractivity (Wildman–Crippen MR) is 102 cm³/mol. The van der Waals surface area contributed by atoms with Gasteiger partial charge >= 0.3 is 0 Å². The SMILES string of the molecule is FC(COc1ccccc1)Cn1c2c(c3cc(Br)ccc31)CNCC2. The van der Waals surface area contributed by atoms with Crippen LogP contribution in [-0.4, -0.2) is 23.9 Å². The van der Waals surface area contributed by atoms with Crippen molar-refractivity contribution >= 4 is 26.8 Å².